The van der Waals surface area contributed by atoms with Crippen molar-refractivity contribution in [3.8, 4) is 22.7 Å². The molecule has 0 saturated heterocycles. The zero-order valence-corrected chi connectivity index (χ0v) is 15.4. The molecule has 1 amide bonds. The molecule has 5 rings (SSSR count). The summed E-state index contributed by atoms with van der Waals surface area (Å²) >= 11 is 0. The lowest BCUT2D eigenvalue weighted by Crippen LogP contribution is -2.12. The fourth-order valence-corrected chi connectivity index (χ4v) is 3.26. The van der Waals surface area contributed by atoms with Crippen molar-refractivity contribution in [1.29, 1.82) is 0 Å². The SMILES string of the molecule is O=C1NCc2ccc(-c3cn(Cc4ccc(-c5nnc(C(F)F)o5)cc4)nn3)cc21. The highest BCUT2D eigenvalue weighted by molar-refractivity contribution is 5.99. The van der Waals surface area contributed by atoms with Crippen molar-refractivity contribution in [2.45, 2.75) is 19.5 Å². The van der Waals surface area contributed by atoms with Crippen LogP contribution < -0.4 is 5.32 Å². The van der Waals surface area contributed by atoms with Crippen LogP contribution in [-0.2, 0) is 13.1 Å². The maximum atomic E-state index is 12.6. The predicted octanol–water partition coefficient (Wildman–Crippen LogP) is 3.22. The highest BCUT2D eigenvalue weighted by atomic mass is 19.3. The molecule has 30 heavy (non-hydrogen) atoms. The molecule has 0 atom stereocenters. The topological polar surface area (TPSA) is 98.7 Å². The van der Waals surface area contributed by atoms with Crippen LogP contribution in [0.25, 0.3) is 22.7 Å². The number of nitrogens with one attached hydrogen (secondary N) is 1. The van der Waals surface area contributed by atoms with Crippen LogP contribution in [-0.4, -0.2) is 31.1 Å². The molecule has 3 heterocycles. The summed E-state index contributed by atoms with van der Waals surface area (Å²) in [5.41, 5.74) is 4.59. The Morgan fingerprint density at radius 3 is 2.63 bits per heavy atom. The number of halogens is 2. The van der Waals surface area contributed by atoms with Crippen LogP contribution in [0.3, 0.4) is 0 Å². The summed E-state index contributed by atoms with van der Waals surface area (Å²) < 4.78 is 31.8. The number of benzene rings is 2. The van der Waals surface area contributed by atoms with Gasteiger partial charge in [0.15, 0.2) is 0 Å². The van der Waals surface area contributed by atoms with E-state index in [9.17, 15) is 13.6 Å². The minimum atomic E-state index is -2.80. The second-order valence-corrected chi connectivity index (χ2v) is 6.80. The van der Waals surface area contributed by atoms with Crippen LogP contribution in [0.5, 0.6) is 0 Å². The van der Waals surface area contributed by atoms with Gasteiger partial charge in [-0.2, -0.15) is 8.78 Å². The van der Waals surface area contributed by atoms with Crippen LogP contribution in [0.1, 0.15) is 33.8 Å². The Labute approximate surface area is 168 Å². The molecule has 0 unspecified atom stereocenters. The lowest BCUT2D eigenvalue weighted by molar-refractivity contribution is 0.0965. The normalized spacial score (nSPS) is 13.0. The zero-order valence-electron chi connectivity index (χ0n) is 15.4. The smallest absolute Gasteiger partial charge is 0.314 e. The molecular formula is C20H14F2N6O2. The van der Waals surface area contributed by atoms with Gasteiger partial charge in [-0.15, -0.1) is 15.3 Å². The zero-order chi connectivity index (χ0) is 20.7. The van der Waals surface area contributed by atoms with Crippen molar-refractivity contribution in [3.63, 3.8) is 0 Å². The first-order valence-electron chi connectivity index (χ1n) is 9.09. The largest absolute Gasteiger partial charge is 0.415 e. The number of aromatic nitrogens is 5. The summed E-state index contributed by atoms with van der Waals surface area (Å²) in [6, 6.07) is 12.7. The van der Waals surface area contributed by atoms with E-state index >= 15 is 0 Å². The van der Waals surface area contributed by atoms with Crippen LogP contribution in [0.2, 0.25) is 0 Å². The monoisotopic (exact) mass is 408 g/mol. The highest BCUT2D eigenvalue weighted by Gasteiger charge is 2.20. The third-order valence-electron chi connectivity index (χ3n) is 4.80. The second-order valence-electron chi connectivity index (χ2n) is 6.80. The average Bonchev–Trinajstić information content (AvgIpc) is 3.49. The van der Waals surface area contributed by atoms with E-state index in [1.165, 1.54) is 0 Å². The van der Waals surface area contributed by atoms with Gasteiger partial charge in [-0.05, 0) is 29.3 Å². The fourth-order valence-electron chi connectivity index (χ4n) is 3.26. The van der Waals surface area contributed by atoms with Crippen molar-refractivity contribution >= 4 is 5.91 Å². The predicted molar refractivity (Wildman–Crippen MR) is 100 cm³/mol. The second kappa shape index (κ2) is 7.14. The van der Waals surface area contributed by atoms with E-state index in [0.717, 1.165) is 16.7 Å². The Hall–Kier alpha value is -3.95. The van der Waals surface area contributed by atoms with Crippen LogP contribution >= 0.6 is 0 Å². The van der Waals surface area contributed by atoms with Crippen LogP contribution in [0, 0.1) is 0 Å². The molecule has 0 radical (unpaired) electrons. The molecule has 1 aliphatic rings. The number of carbonyl (C=O) groups is 1. The molecule has 8 nitrogen and oxygen atoms in total. The van der Waals surface area contributed by atoms with E-state index in [-0.39, 0.29) is 11.8 Å². The van der Waals surface area contributed by atoms with Gasteiger partial charge in [0.1, 0.15) is 5.69 Å². The van der Waals surface area contributed by atoms with Crippen molar-refractivity contribution in [1.82, 2.24) is 30.5 Å². The Kier molecular flexibility index (Phi) is 4.31. The molecule has 10 heteroatoms. The Bertz CT molecular complexity index is 1230. The molecule has 1 aliphatic heterocycles. The average molecular weight is 408 g/mol. The first-order valence-corrected chi connectivity index (χ1v) is 9.09. The number of amides is 1. The third-order valence-corrected chi connectivity index (χ3v) is 4.80. The molecular weight excluding hydrogens is 394 g/mol. The van der Waals surface area contributed by atoms with Gasteiger partial charge in [0.2, 0.25) is 5.89 Å². The highest BCUT2D eigenvalue weighted by Crippen LogP contribution is 2.25. The van der Waals surface area contributed by atoms with Crippen molar-refractivity contribution < 1.29 is 18.0 Å². The number of rotatable bonds is 5. The minimum absolute atomic E-state index is 0.0422. The Morgan fingerprint density at radius 2 is 1.87 bits per heavy atom. The van der Waals surface area contributed by atoms with Gasteiger partial charge in [-0.25, -0.2) is 4.68 Å². The third kappa shape index (κ3) is 3.32. The number of alkyl halides is 2. The maximum Gasteiger partial charge on any atom is 0.314 e. The van der Waals surface area contributed by atoms with E-state index in [1.54, 1.807) is 23.0 Å². The van der Waals surface area contributed by atoms with E-state index in [2.05, 4.69) is 25.8 Å². The van der Waals surface area contributed by atoms with E-state index < -0.39 is 12.3 Å². The van der Waals surface area contributed by atoms with Crippen molar-refractivity contribution in [3.05, 3.63) is 71.2 Å². The molecule has 0 spiro atoms. The first-order chi connectivity index (χ1) is 14.6. The molecule has 4 aromatic rings. The molecule has 150 valence electrons. The van der Waals surface area contributed by atoms with Gasteiger partial charge >= 0.3 is 6.43 Å². The lowest BCUT2D eigenvalue weighted by atomic mass is 10.0. The van der Waals surface area contributed by atoms with Gasteiger partial charge in [0.05, 0.1) is 12.7 Å². The number of carbonyl (C=O) groups excluding carboxylic acids is 1. The standard InChI is InChI=1S/C20H14F2N6O2/c21-17(22)20-26-25-19(30-20)12-3-1-11(2-4-12)9-28-10-16(24-27-28)13-5-6-14-8-23-18(29)15(14)7-13/h1-7,10,17H,8-9H2,(H,23,29). The Balaban J connectivity index is 1.32. The van der Waals surface area contributed by atoms with Crippen molar-refractivity contribution in [2.75, 3.05) is 0 Å². The van der Waals surface area contributed by atoms with Gasteiger partial charge in [0.25, 0.3) is 11.8 Å². The van der Waals surface area contributed by atoms with Crippen molar-refractivity contribution in [2.24, 2.45) is 0 Å². The quantitative estimate of drug-likeness (QED) is 0.544. The summed E-state index contributed by atoms with van der Waals surface area (Å²) in [7, 11) is 0. The summed E-state index contributed by atoms with van der Waals surface area (Å²) in [4.78, 5) is 11.9. The maximum absolute atomic E-state index is 12.6. The lowest BCUT2D eigenvalue weighted by Gasteiger charge is -2.02. The molecule has 2 aromatic heterocycles. The summed E-state index contributed by atoms with van der Waals surface area (Å²) in [5, 5.41) is 18.1. The van der Waals surface area contributed by atoms with E-state index in [4.69, 9.17) is 4.42 Å². The number of hydrogen-bond acceptors (Lipinski definition) is 6. The van der Waals surface area contributed by atoms with Gasteiger partial charge < -0.3 is 9.73 Å². The summed E-state index contributed by atoms with van der Waals surface area (Å²) in [6.45, 7) is 1.01. The Morgan fingerprint density at radius 1 is 1.07 bits per heavy atom. The van der Waals surface area contributed by atoms with Gasteiger partial charge in [-0.3, -0.25) is 4.79 Å². The molecule has 0 fully saturated rings. The molecule has 2 aromatic carbocycles. The molecule has 0 aliphatic carbocycles. The molecule has 0 bridgehead atoms. The molecule has 0 saturated carbocycles. The number of fused-ring (bicyclic) bond motifs is 1. The fraction of sp³-hybridized carbons (Fsp3) is 0.150. The number of hydrogen-bond donors (Lipinski definition) is 1. The van der Waals surface area contributed by atoms with E-state index in [1.807, 2.05) is 30.3 Å². The van der Waals surface area contributed by atoms with Crippen LogP contribution in [0.4, 0.5) is 8.78 Å². The van der Waals surface area contributed by atoms with E-state index in [0.29, 0.717) is 29.9 Å². The molecule has 1 N–H and O–H groups in total. The minimum Gasteiger partial charge on any atom is -0.415 e. The van der Waals surface area contributed by atoms with Crippen LogP contribution in [0.15, 0.2) is 53.1 Å². The van der Waals surface area contributed by atoms with Gasteiger partial charge in [0, 0.05) is 23.2 Å². The summed E-state index contributed by atoms with van der Waals surface area (Å²) in [5.74, 6) is -0.741. The van der Waals surface area contributed by atoms with Gasteiger partial charge in [-0.1, -0.05) is 29.5 Å². The first kappa shape index (κ1) is 18.1. The number of nitrogens with zero attached hydrogens (tertiary/aromatic N) is 5. The summed E-state index contributed by atoms with van der Waals surface area (Å²) in [6.07, 6.45) is -0.998.